The molecule has 0 aromatic heterocycles. The van der Waals surface area contributed by atoms with Crippen molar-refractivity contribution >= 4 is 11.9 Å². The minimum atomic E-state index is -4.65. The van der Waals surface area contributed by atoms with Gasteiger partial charge in [0.1, 0.15) is 6.04 Å². The highest BCUT2D eigenvalue weighted by Gasteiger charge is 2.36. The first-order valence-electron chi connectivity index (χ1n) is 6.94. The molecular weight excluding hydrogens is 299 g/mol. The van der Waals surface area contributed by atoms with Gasteiger partial charge in [0.2, 0.25) is 5.91 Å². The summed E-state index contributed by atoms with van der Waals surface area (Å²) in [6.45, 7) is 0. The van der Waals surface area contributed by atoms with Crippen LogP contribution in [0.15, 0.2) is 18.2 Å². The molecule has 1 aromatic rings. The minimum absolute atomic E-state index is 0.130. The fraction of sp³-hybridized carbons (Fsp3) is 0.467. The van der Waals surface area contributed by atoms with Crippen LogP contribution in [-0.2, 0) is 28.9 Å². The second-order valence-corrected chi connectivity index (χ2v) is 5.41. The first-order chi connectivity index (χ1) is 10.2. The molecule has 2 rings (SSSR count). The van der Waals surface area contributed by atoms with Crippen molar-refractivity contribution in [3.05, 3.63) is 34.9 Å². The predicted octanol–water partition coefficient (Wildman–Crippen LogP) is 2.24. The maximum Gasteiger partial charge on any atom is 0.391 e. The number of aryl methyl sites for hydroxylation is 2. The van der Waals surface area contributed by atoms with E-state index in [0.29, 0.717) is 5.56 Å². The summed E-state index contributed by atoms with van der Waals surface area (Å²) in [4.78, 5) is 22.6. The Bertz CT molecular complexity index is 584. The number of fused-ring (bicyclic) bond motifs is 1. The quantitative estimate of drug-likeness (QED) is 0.876. The number of carboxylic acids is 1. The van der Waals surface area contributed by atoms with Crippen molar-refractivity contribution in [2.45, 2.75) is 44.3 Å². The van der Waals surface area contributed by atoms with E-state index in [9.17, 15) is 22.8 Å². The summed E-state index contributed by atoms with van der Waals surface area (Å²) >= 11 is 0. The monoisotopic (exact) mass is 315 g/mol. The van der Waals surface area contributed by atoms with Crippen LogP contribution in [0.2, 0.25) is 0 Å². The maximum atomic E-state index is 12.3. The van der Waals surface area contributed by atoms with Crippen molar-refractivity contribution in [1.82, 2.24) is 5.32 Å². The van der Waals surface area contributed by atoms with Crippen LogP contribution < -0.4 is 5.32 Å². The molecule has 0 aliphatic heterocycles. The average molecular weight is 315 g/mol. The molecule has 0 spiro atoms. The zero-order valence-corrected chi connectivity index (χ0v) is 11.7. The number of hydrogen-bond acceptors (Lipinski definition) is 2. The Morgan fingerprint density at radius 2 is 1.91 bits per heavy atom. The molecule has 0 saturated heterocycles. The van der Waals surface area contributed by atoms with Gasteiger partial charge in [-0.05, 0) is 36.0 Å². The molecule has 1 aromatic carbocycles. The van der Waals surface area contributed by atoms with Crippen LogP contribution in [0.3, 0.4) is 0 Å². The van der Waals surface area contributed by atoms with Crippen LogP contribution in [-0.4, -0.2) is 29.2 Å². The Labute approximate surface area is 125 Å². The van der Waals surface area contributed by atoms with E-state index in [4.69, 9.17) is 5.11 Å². The molecule has 7 heteroatoms. The van der Waals surface area contributed by atoms with Crippen molar-refractivity contribution < 1.29 is 27.9 Å². The molecule has 2 N–H and O–H groups in total. The van der Waals surface area contributed by atoms with Crippen LogP contribution in [0.1, 0.15) is 29.5 Å². The van der Waals surface area contributed by atoms with Crippen molar-refractivity contribution in [3.63, 3.8) is 0 Å². The van der Waals surface area contributed by atoms with E-state index >= 15 is 0 Å². The Morgan fingerprint density at radius 3 is 2.55 bits per heavy atom. The predicted molar refractivity (Wildman–Crippen MR) is 72.4 cm³/mol. The van der Waals surface area contributed by atoms with E-state index in [0.717, 1.165) is 24.8 Å². The normalized spacial score (nSPS) is 15.2. The summed E-state index contributed by atoms with van der Waals surface area (Å²) in [5, 5.41) is 10.7. The van der Waals surface area contributed by atoms with E-state index in [1.807, 2.05) is 17.4 Å². The third kappa shape index (κ3) is 4.47. The Morgan fingerprint density at radius 1 is 1.23 bits per heavy atom. The Kier molecular flexibility index (Phi) is 4.73. The summed E-state index contributed by atoms with van der Waals surface area (Å²) in [6.07, 6.45) is -3.39. The lowest BCUT2D eigenvalue weighted by Gasteiger charge is -2.16. The van der Waals surface area contributed by atoms with Crippen LogP contribution >= 0.6 is 0 Å². The molecule has 1 aliphatic carbocycles. The molecule has 1 unspecified atom stereocenters. The van der Waals surface area contributed by atoms with Crippen molar-refractivity contribution in [1.29, 1.82) is 0 Å². The van der Waals surface area contributed by atoms with Gasteiger partial charge >= 0.3 is 12.1 Å². The molecule has 1 atom stereocenters. The van der Waals surface area contributed by atoms with Crippen molar-refractivity contribution in [2.24, 2.45) is 0 Å². The van der Waals surface area contributed by atoms with Gasteiger partial charge in [-0.2, -0.15) is 13.2 Å². The van der Waals surface area contributed by atoms with E-state index in [-0.39, 0.29) is 6.42 Å². The van der Waals surface area contributed by atoms with Crippen LogP contribution in [0.25, 0.3) is 0 Å². The number of halogens is 3. The zero-order valence-electron chi connectivity index (χ0n) is 11.7. The molecule has 0 fully saturated rings. The Balaban J connectivity index is 1.97. The fourth-order valence-corrected chi connectivity index (χ4v) is 2.60. The van der Waals surface area contributed by atoms with Gasteiger partial charge in [-0.3, -0.25) is 4.79 Å². The molecule has 0 heterocycles. The summed E-state index contributed by atoms with van der Waals surface area (Å²) < 4.78 is 36.8. The van der Waals surface area contributed by atoms with Crippen LogP contribution in [0.4, 0.5) is 13.2 Å². The number of amides is 1. The summed E-state index contributed by atoms with van der Waals surface area (Å²) in [5.74, 6) is -2.42. The minimum Gasteiger partial charge on any atom is -0.480 e. The SMILES string of the molecule is O=C(Cc1ccc2c(c1)CCC2)NC(CC(F)(F)F)C(=O)O. The molecule has 22 heavy (non-hydrogen) atoms. The third-order valence-corrected chi connectivity index (χ3v) is 3.60. The van der Waals surface area contributed by atoms with Gasteiger partial charge in [-0.1, -0.05) is 18.2 Å². The lowest BCUT2D eigenvalue weighted by molar-refractivity contribution is -0.159. The number of hydrogen-bond donors (Lipinski definition) is 2. The van der Waals surface area contributed by atoms with Gasteiger partial charge in [0.25, 0.3) is 0 Å². The number of carbonyl (C=O) groups excluding carboxylic acids is 1. The number of rotatable bonds is 5. The standard InChI is InChI=1S/C15H16F3NO3/c16-15(17,18)8-12(14(21)22)19-13(20)7-9-4-5-10-2-1-3-11(10)6-9/h4-6,12H,1-3,7-8H2,(H,19,20)(H,21,22). The largest absolute Gasteiger partial charge is 0.480 e. The summed E-state index contributed by atoms with van der Waals surface area (Å²) in [6, 6.07) is 3.57. The van der Waals surface area contributed by atoms with Crippen molar-refractivity contribution in [3.8, 4) is 0 Å². The van der Waals surface area contributed by atoms with Gasteiger partial charge in [-0.15, -0.1) is 0 Å². The summed E-state index contributed by atoms with van der Waals surface area (Å²) in [5.41, 5.74) is 3.05. The Hall–Kier alpha value is -2.05. The van der Waals surface area contributed by atoms with E-state index < -0.39 is 30.5 Å². The first kappa shape index (κ1) is 16.3. The van der Waals surface area contributed by atoms with Gasteiger partial charge in [0.15, 0.2) is 0 Å². The average Bonchev–Trinajstić information content (AvgIpc) is 2.83. The fourth-order valence-electron chi connectivity index (χ4n) is 2.60. The molecule has 0 saturated carbocycles. The zero-order chi connectivity index (χ0) is 16.3. The van der Waals surface area contributed by atoms with E-state index in [2.05, 4.69) is 0 Å². The highest BCUT2D eigenvalue weighted by atomic mass is 19.4. The molecule has 1 amide bonds. The van der Waals surface area contributed by atoms with Gasteiger partial charge in [0.05, 0.1) is 12.8 Å². The number of carbonyl (C=O) groups is 2. The number of alkyl halides is 3. The number of nitrogens with one attached hydrogen (secondary N) is 1. The number of aliphatic carboxylic acids is 1. The molecular formula is C15H16F3NO3. The maximum absolute atomic E-state index is 12.3. The van der Waals surface area contributed by atoms with Gasteiger partial charge < -0.3 is 10.4 Å². The van der Waals surface area contributed by atoms with Crippen LogP contribution in [0.5, 0.6) is 0 Å². The van der Waals surface area contributed by atoms with E-state index in [1.165, 1.54) is 5.56 Å². The smallest absolute Gasteiger partial charge is 0.391 e. The van der Waals surface area contributed by atoms with Gasteiger partial charge in [0, 0.05) is 0 Å². The van der Waals surface area contributed by atoms with Crippen LogP contribution in [0, 0.1) is 0 Å². The number of carboxylic acid groups (broad SMARTS) is 1. The molecule has 0 radical (unpaired) electrons. The summed E-state index contributed by atoms with van der Waals surface area (Å²) in [7, 11) is 0. The molecule has 4 nitrogen and oxygen atoms in total. The third-order valence-electron chi connectivity index (χ3n) is 3.60. The van der Waals surface area contributed by atoms with Gasteiger partial charge in [-0.25, -0.2) is 4.79 Å². The molecule has 0 bridgehead atoms. The highest BCUT2D eigenvalue weighted by Crippen LogP contribution is 2.23. The second-order valence-electron chi connectivity index (χ2n) is 5.41. The van der Waals surface area contributed by atoms with Crippen molar-refractivity contribution in [2.75, 3.05) is 0 Å². The lowest BCUT2D eigenvalue weighted by atomic mass is 10.0. The lowest BCUT2D eigenvalue weighted by Crippen LogP contribution is -2.44. The number of benzene rings is 1. The first-order valence-corrected chi connectivity index (χ1v) is 6.94. The molecule has 120 valence electrons. The topological polar surface area (TPSA) is 66.4 Å². The second kappa shape index (κ2) is 6.37. The van der Waals surface area contributed by atoms with E-state index in [1.54, 1.807) is 6.07 Å². The highest BCUT2D eigenvalue weighted by molar-refractivity contribution is 5.84. The molecule has 1 aliphatic rings.